The van der Waals surface area contributed by atoms with Crippen LogP contribution in [-0.4, -0.2) is 0 Å². The van der Waals surface area contributed by atoms with Crippen molar-refractivity contribution >= 4 is 0 Å². The fourth-order valence-corrected chi connectivity index (χ4v) is 0.0244. The molecule has 0 aliphatic carbocycles. The van der Waals surface area contributed by atoms with E-state index in [1.165, 1.54) is 0 Å². The summed E-state index contributed by atoms with van der Waals surface area (Å²) in [6.45, 7) is 5.75. The van der Waals surface area contributed by atoms with Gasteiger partial charge in [0.25, 0.3) is 0 Å². The van der Waals surface area contributed by atoms with Crippen molar-refractivity contribution in [3.63, 3.8) is 0 Å². The van der Waals surface area contributed by atoms with Gasteiger partial charge in [0.15, 0.2) is 0 Å². The predicted octanol–water partition coefficient (Wildman–Crippen LogP) is 1.64. The molecule has 0 radical (unpaired) electrons. The lowest BCUT2D eigenvalue weighted by molar-refractivity contribution is 0.605. The Kier molecular flexibility index (Phi) is 1.98. The van der Waals surface area contributed by atoms with E-state index in [-0.39, 0.29) is 6.33 Å². The number of rotatable bonds is 0. The molecule has 6 heavy (non-hydrogen) atoms. The van der Waals surface area contributed by atoms with Gasteiger partial charge in [0.1, 0.15) is 6.33 Å². The number of hydrogen-bond acceptors (Lipinski definition) is 0. The van der Waals surface area contributed by atoms with Gasteiger partial charge in [-0.3, -0.25) is 0 Å². The summed E-state index contributed by atoms with van der Waals surface area (Å²) < 4.78 is 21.6. The first-order valence-electron chi connectivity index (χ1n) is 1.14. The molecule has 0 aliphatic heterocycles. The molecule has 0 fully saturated rings. The molecule has 3 heteroatoms. The van der Waals surface area contributed by atoms with Crippen molar-refractivity contribution in [1.29, 1.82) is 0 Å². The SMILES string of the molecule is [C-]#[N+]C(F)=CF. The Morgan fingerprint density at radius 1 is 1.83 bits per heavy atom. The van der Waals surface area contributed by atoms with E-state index < -0.39 is 5.95 Å². The van der Waals surface area contributed by atoms with Gasteiger partial charge in [-0.25, -0.2) is 13.6 Å². The molecule has 0 heterocycles. The smallest absolute Gasteiger partial charge is 0.234 e. The standard InChI is InChI=1S/C3HF2N/c1-6-3(5)2-4/h2H. The molecule has 1 nitrogen and oxygen atoms in total. The van der Waals surface area contributed by atoms with E-state index in [0.717, 1.165) is 0 Å². The van der Waals surface area contributed by atoms with Crippen LogP contribution in [0, 0.1) is 6.57 Å². The molecule has 0 aromatic rings. The van der Waals surface area contributed by atoms with Crippen molar-refractivity contribution in [3.05, 3.63) is 23.7 Å². The third kappa shape index (κ3) is 1.41. The summed E-state index contributed by atoms with van der Waals surface area (Å²) in [7, 11) is 0. The van der Waals surface area contributed by atoms with Gasteiger partial charge < -0.3 is 0 Å². The Morgan fingerprint density at radius 3 is 2.33 bits per heavy atom. The molecule has 0 N–H and O–H groups in total. The van der Waals surface area contributed by atoms with Crippen LogP contribution in [0.1, 0.15) is 0 Å². The first kappa shape index (κ1) is 5.09. The van der Waals surface area contributed by atoms with Crippen LogP contribution in [-0.2, 0) is 0 Å². The highest BCUT2D eigenvalue weighted by molar-refractivity contribution is 4.93. The molecule has 0 unspecified atom stereocenters. The summed E-state index contributed by atoms with van der Waals surface area (Å²) in [6.07, 6.45) is -0.382. The summed E-state index contributed by atoms with van der Waals surface area (Å²) in [4.78, 5) is 2.08. The van der Waals surface area contributed by atoms with E-state index in [1.807, 2.05) is 0 Å². The summed E-state index contributed by atoms with van der Waals surface area (Å²) in [5.74, 6) is -1.41. The largest absolute Gasteiger partial charge is 0.359 e. The zero-order chi connectivity index (χ0) is 4.99. The van der Waals surface area contributed by atoms with E-state index in [0.29, 0.717) is 0 Å². The van der Waals surface area contributed by atoms with Gasteiger partial charge >= 0.3 is 5.95 Å². The number of nitrogens with zero attached hydrogens (tertiary/aromatic N) is 1. The van der Waals surface area contributed by atoms with Crippen LogP contribution >= 0.6 is 0 Å². The minimum absolute atomic E-state index is 0.382. The topological polar surface area (TPSA) is 4.36 Å². The maximum atomic E-state index is 11.0. The highest BCUT2D eigenvalue weighted by Gasteiger charge is 1.81. The molecule has 0 aromatic heterocycles. The summed E-state index contributed by atoms with van der Waals surface area (Å²) >= 11 is 0. The van der Waals surface area contributed by atoms with E-state index in [4.69, 9.17) is 6.57 Å². The third-order valence-corrected chi connectivity index (χ3v) is 0.197. The Labute approximate surface area is 33.7 Å². The second-order valence-corrected chi connectivity index (χ2v) is 0.544. The molecule has 0 rings (SSSR count). The average Bonchev–Trinajstić information content (AvgIpc) is 1.65. The quantitative estimate of drug-likeness (QED) is 0.314. The van der Waals surface area contributed by atoms with Crippen molar-refractivity contribution in [2.45, 2.75) is 0 Å². The van der Waals surface area contributed by atoms with E-state index in [1.54, 1.807) is 0 Å². The second-order valence-electron chi connectivity index (χ2n) is 0.544. The van der Waals surface area contributed by atoms with Crippen LogP contribution in [0.25, 0.3) is 4.85 Å². The summed E-state index contributed by atoms with van der Waals surface area (Å²) in [5.41, 5.74) is 0. The first-order chi connectivity index (χ1) is 2.81. The van der Waals surface area contributed by atoms with E-state index >= 15 is 0 Å². The number of halogens is 2. The van der Waals surface area contributed by atoms with Crippen molar-refractivity contribution in [2.24, 2.45) is 0 Å². The van der Waals surface area contributed by atoms with Crippen molar-refractivity contribution < 1.29 is 8.78 Å². The fraction of sp³-hybridized carbons (Fsp3) is 0. The molecule has 0 saturated heterocycles. The van der Waals surface area contributed by atoms with Gasteiger partial charge in [-0.2, -0.15) is 0 Å². The molecular weight excluding hydrogens is 88.0 g/mol. The summed E-state index contributed by atoms with van der Waals surface area (Å²) in [5, 5.41) is 0. The van der Waals surface area contributed by atoms with Gasteiger partial charge in [0, 0.05) is 0 Å². The zero-order valence-corrected chi connectivity index (χ0v) is 2.78. The molecule has 0 aromatic carbocycles. The van der Waals surface area contributed by atoms with Crippen LogP contribution < -0.4 is 0 Å². The Bertz CT molecular complexity index is 99.9. The normalized spacial score (nSPS) is 10.5. The average molecular weight is 89.0 g/mol. The van der Waals surface area contributed by atoms with Crippen LogP contribution in [0.15, 0.2) is 12.3 Å². The van der Waals surface area contributed by atoms with Crippen molar-refractivity contribution in [3.8, 4) is 0 Å². The highest BCUT2D eigenvalue weighted by Crippen LogP contribution is 1.94. The highest BCUT2D eigenvalue weighted by atomic mass is 19.2. The molecular formula is C3HF2N. The lowest BCUT2D eigenvalue weighted by Gasteiger charge is -1.64. The zero-order valence-electron chi connectivity index (χ0n) is 2.78. The molecule has 0 saturated carbocycles. The lowest BCUT2D eigenvalue weighted by atomic mass is 11.0. The van der Waals surface area contributed by atoms with Gasteiger partial charge in [-0.05, 0) is 0 Å². The maximum Gasteiger partial charge on any atom is 0.359 e. The van der Waals surface area contributed by atoms with Gasteiger partial charge in [0.2, 0.25) is 0 Å². The maximum absolute atomic E-state index is 11.0. The van der Waals surface area contributed by atoms with Crippen molar-refractivity contribution in [1.82, 2.24) is 0 Å². The minimum atomic E-state index is -1.41. The van der Waals surface area contributed by atoms with Gasteiger partial charge in [-0.1, -0.05) is 0 Å². The molecule has 0 amide bonds. The predicted molar refractivity (Wildman–Crippen MR) is 16.9 cm³/mol. The van der Waals surface area contributed by atoms with Crippen LogP contribution in [0.3, 0.4) is 0 Å². The Balaban J connectivity index is 3.61. The molecule has 0 aliphatic rings. The Hall–Kier alpha value is -0.910. The van der Waals surface area contributed by atoms with Crippen LogP contribution in [0.4, 0.5) is 8.78 Å². The minimum Gasteiger partial charge on any atom is -0.234 e. The Morgan fingerprint density at radius 2 is 2.33 bits per heavy atom. The van der Waals surface area contributed by atoms with Gasteiger partial charge in [0.05, 0.1) is 6.57 Å². The second kappa shape index (κ2) is 2.33. The first-order valence-corrected chi connectivity index (χ1v) is 1.14. The van der Waals surface area contributed by atoms with E-state index in [9.17, 15) is 8.78 Å². The lowest BCUT2D eigenvalue weighted by Crippen LogP contribution is -1.47. The van der Waals surface area contributed by atoms with Gasteiger partial charge in [-0.15, -0.1) is 0 Å². The van der Waals surface area contributed by atoms with Crippen molar-refractivity contribution in [2.75, 3.05) is 0 Å². The van der Waals surface area contributed by atoms with Crippen LogP contribution in [0.2, 0.25) is 0 Å². The van der Waals surface area contributed by atoms with E-state index in [2.05, 4.69) is 4.85 Å². The molecule has 0 bridgehead atoms. The molecule has 0 atom stereocenters. The van der Waals surface area contributed by atoms with Crippen LogP contribution in [0.5, 0.6) is 0 Å². The number of hydrogen-bond donors (Lipinski definition) is 0. The molecule has 32 valence electrons. The third-order valence-electron chi connectivity index (χ3n) is 0.197. The summed E-state index contributed by atoms with van der Waals surface area (Å²) in [6, 6.07) is 0. The fourth-order valence-electron chi connectivity index (χ4n) is 0.0244. The molecule has 0 spiro atoms. The monoisotopic (exact) mass is 89.0 g/mol.